The van der Waals surface area contributed by atoms with Crippen molar-refractivity contribution in [2.75, 3.05) is 39.3 Å². The molecule has 1 aliphatic rings. The molecule has 2 aromatic carbocycles. The molecule has 0 aliphatic heterocycles. The molecule has 7 nitrogen and oxygen atoms in total. The van der Waals surface area contributed by atoms with Gasteiger partial charge >= 0.3 is 4.87 Å². The van der Waals surface area contributed by atoms with Crippen molar-refractivity contribution in [3.8, 4) is 5.75 Å². The molecular formula is C31H44N4O3S. The molecule has 4 rings (SSSR count). The van der Waals surface area contributed by atoms with E-state index >= 15 is 0 Å². The maximum absolute atomic E-state index is 13.1. The number of hydrogen-bond acceptors (Lipinski definition) is 6. The fraction of sp³-hybridized carbons (Fsp3) is 0.548. The zero-order valence-corrected chi connectivity index (χ0v) is 24.5. The molecule has 1 aliphatic carbocycles. The van der Waals surface area contributed by atoms with E-state index in [0.717, 1.165) is 54.1 Å². The lowest BCUT2D eigenvalue weighted by molar-refractivity contribution is -0.132. The minimum Gasteiger partial charge on any atom is -0.506 e. The van der Waals surface area contributed by atoms with Crippen molar-refractivity contribution >= 4 is 27.5 Å². The second-order valence-electron chi connectivity index (χ2n) is 11.9. The number of carbonyl (C=O) groups excluding carboxylic acids is 1. The monoisotopic (exact) mass is 552 g/mol. The molecular weight excluding hydrogens is 508 g/mol. The molecule has 0 bridgehead atoms. The lowest BCUT2D eigenvalue weighted by atomic mass is 9.87. The predicted octanol–water partition coefficient (Wildman–Crippen LogP) is 4.40. The number of fused-ring (bicyclic) bond motifs is 2. The Morgan fingerprint density at radius 3 is 2.54 bits per heavy atom. The Labute approximate surface area is 236 Å². The van der Waals surface area contributed by atoms with Crippen LogP contribution in [0.5, 0.6) is 5.75 Å². The number of hydrogen-bond donors (Lipinski definition) is 4. The molecule has 0 fully saturated rings. The Morgan fingerprint density at radius 1 is 1.00 bits per heavy atom. The first-order valence-electron chi connectivity index (χ1n) is 14.3. The first kappa shape index (κ1) is 29.3. The average Bonchev–Trinajstić information content (AvgIpc) is 3.30. The Balaban J connectivity index is 1.20. The van der Waals surface area contributed by atoms with Crippen LogP contribution in [0.1, 0.15) is 62.3 Å². The average molecular weight is 553 g/mol. The van der Waals surface area contributed by atoms with Crippen molar-refractivity contribution in [1.29, 1.82) is 0 Å². The second kappa shape index (κ2) is 13.6. The minimum absolute atomic E-state index is 0.0266. The minimum atomic E-state index is -0.162. The van der Waals surface area contributed by atoms with Gasteiger partial charge in [-0.3, -0.25) is 9.59 Å². The summed E-state index contributed by atoms with van der Waals surface area (Å²) in [7, 11) is 0. The summed E-state index contributed by atoms with van der Waals surface area (Å²) in [5.41, 5.74) is 6.12. The molecule has 39 heavy (non-hydrogen) atoms. The highest BCUT2D eigenvalue weighted by Gasteiger charge is 2.20. The third-order valence-electron chi connectivity index (χ3n) is 7.37. The van der Waals surface area contributed by atoms with E-state index < -0.39 is 0 Å². The lowest BCUT2D eigenvalue weighted by Crippen LogP contribution is -2.42. The van der Waals surface area contributed by atoms with E-state index in [9.17, 15) is 14.7 Å². The third-order valence-corrected chi connectivity index (χ3v) is 8.32. The van der Waals surface area contributed by atoms with Gasteiger partial charge in [0, 0.05) is 32.6 Å². The second-order valence-corrected chi connectivity index (χ2v) is 12.8. The van der Waals surface area contributed by atoms with E-state index in [4.69, 9.17) is 0 Å². The van der Waals surface area contributed by atoms with Crippen LogP contribution in [-0.4, -0.2) is 60.2 Å². The van der Waals surface area contributed by atoms with Crippen LogP contribution in [0.2, 0.25) is 0 Å². The molecule has 1 amide bonds. The summed E-state index contributed by atoms with van der Waals surface area (Å²) in [6, 6.07) is 10.2. The van der Waals surface area contributed by atoms with Crippen LogP contribution in [0.25, 0.3) is 10.2 Å². The molecule has 1 aromatic heterocycles. The number of aryl methyl sites for hydroxylation is 1. The molecule has 0 atom stereocenters. The number of aromatic nitrogens is 1. The maximum atomic E-state index is 13.1. The molecule has 0 radical (unpaired) electrons. The summed E-state index contributed by atoms with van der Waals surface area (Å²) in [5, 5.41) is 16.9. The largest absolute Gasteiger partial charge is 0.506 e. The molecule has 3 aromatic rings. The van der Waals surface area contributed by atoms with Crippen LogP contribution in [0.4, 0.5) is 0 Å². The predicted molar refractivity (Wildman–Crippen MR) is 161 cm³/mol. The number of amides is 1. The van der Waals surface area contributed by atoms with Gasteiger partial charge in [-0.25, -0.2) is 0 Å². The highest BCUT2D eigenvalue weighted by atomic mass is 32.1. The van der Waals surface area contributed by atoms with Crippen molar-refractivity contribution in [3.05, 3.63) is 62.3 Å². The van der Waals surface area contributed by atoms with Gasteiger partial charge in [-0.1, -0.05) is 56.4 Å². The fourth-order valence-corrected chi connectivity index (χ4v) is 6.39. The molecule has 212 valence electrons. The summed E-state index contributed by atoms with van der Waals surface area (Å²) in [5.74, 6) is 0.290. The Bertz CT molecular complexity index is 1310. The number of rotatable bonds is 13. The van der Waals surface area contributed by atoms with Crippen molar-refractivity contribution < 1.29 is 9.90 Å². The van der Waals surface area contributed by atoms with Crippen LogP contribution < -0.4 is 15.5 Å². The number of phenolic OH excluding ortho intramolecular Hbond substituents is 1. The summed E-state index contributed by atoms with van der Waals surface area (Å²) in [6.45, 7) is 10.9. The van der Waals surface area contributed by atoms with Crippen LogP contribution in [-0.2, 0) is 30.5 Å². The number of benzene rings is 2. The van der Waals surface area contributed by atoms with Gasteiger partial charge in [-0.05, 0) is 85.3 Å². The van der Waals surface area contributed by atoms with E-state index in [0.29, 0.717) is 31.6 Å². The van der Waals surface area contributed by atoms with Gasteiger partial charge in [0.25, 0.3) is 0 Å². The van der Waals surface area contributed by atoms with E-state index in [-0.39, 0.29) is 21.9 Å². The van der Waals surface area contributed by atoms with Gasteiger partial charge in [0.1, 0.15) is 11.3 Å². The first-order valence-corrected chi connectivity index (χ1v) is 15.2. The zero-order valence-electron chi connectivity index (χ0n) is 23.7. The molecule has 0 saturated heterocycles. The Hall–Kier alpha value is -2.68. The van der Waals surface area contributed by atoms with Crippen molar-refractivity contribution in [2.24, 2.45) is 5.41 Å². The van der Waals surface area contributed by atoms with Gasteiger partial charge in [-0.15, -0.1) is 0 Å². The number of nitrogens with one attached hydrogen (secondary N) is 3. The number of thiazole rings is 1. The van der Waals surface area contributed by atoms with Gasteiger partial charge in [0.05, 0.1) is 4.70 Å². The van der Waals surface area contributed by atoms with E-state index in [1.807, 2.05) is 11.0 Å². The molecule has 0 saturated carbocycles. The van der Waals surface area contributed by atoms with Gasteiger partial charge in [0.15, 0.2) is 0 Å². The molecule has 0 unspecified atom stereocenters. The van der Waals surface area contributed by atoms with Crippen LogP contribution in [0.15, 0.2) is 35.1 Å². The quantitative estimate of drug-likeness (QED) is 0.236. The number of aromatic amines is 1. The number of aromatic hydroxyl groups is 1. The number of phenols is 1. The summed E-state index contributed by atoms with van der Waals surface area (Å²) < 4.78 is 0.811. The fourth-order valence-electron chi connectivity index (χ4n) is 5.49. The van der Waals surface area contributed by atoms with E-state index in [1.165, 1.54) is 36.8 Å². The molecule has 0 spiro atoms. The number of H-pyrrole nitrogens is 1. The highest BCUT2D eigenvalue weighted by molar-refractivity contribution is 7.16. The molecule has 1 heterocycles. The normalized spacial score (nSPS) is 13.5. The van der Waals surface area contributed by atoms with Crippen LogP contribution >= 0.6 is 11.3 Å². The Morgan fingerprint density at radius 2 is 1.74 bits per heavy atom. The zero-order chi connectivity index (χ0) is 27.8. The van der Waals surface area contributed by atoms with Gasteiger partial charge < -0.3 is 25.6 Å². The van der Waals surface area contributed by atoms with Crippen molar-refractivity contribution in [3.63, 3.8) is 0 Å². The third kappa shape index (κ3) is 8.40. The van der Waals surface area contributed by atoms with Crippen molar-refractivity contribution in [1.82, 2.24) is 20.5 Å². The summed E-state index contributed by atoms with van der Waals surface area (Å²) in [4.78, 5) is 29.4. The SMILES string of the molecule is CC(C)(C)CN(CCNCCc1ccc(O)c2[nH]c(=O)sc12)C(=O)CCNCCc1cccc2c1CCCC2. The maximum Gasteiger partial charge on any atom is 0.305 e. The standard InChI is InChI=1S/C31H44N4O3S/c1-31(2,3)21-35(20-19-33-17-14-24-11-12-26(36)28-29(24)39-30(38)34-28)27(37)15-18-32-16-13-23-9-6-8-22-7-4-5-10-25(22)23/h6,8-9,11-12,32-33,36H,4-5,7,10,13-21H2,1-3H3,(H,34,38). The smallest absolute Gasteiger partial charge is 0.305 e. The summed E-state index contributed by atoms with van der Waals surface area (Å²) >= 11 is 1.13. The van der Waals surface area contributed by atoms with Crippen LogP contribution in [0, 0.1) is 5.41 Å². The van der Waals surface area contributed by atoms with E-state index in [1.54, 1.807) is 11.6 Å². The number of nitrogens with zero attached hydrogens (tertiary/aromatic N) is 1. The highest BCUT2D eigenvalue weighted by Crippen LogP contribution is 2.28. The first-order chi connectivity index (χ1) is 18.7. The topological polar surface area (TPSA) is 97.5 Å². The van der Waals surface area contributed by atoms with Crippen molar-refractivity contribution in [2.45, 2.75) is 65.7 Å². The number of carbonyl (C=O) groups is 1. The van der Waals surface area contributed by atoms with Crippen LogP contribution in [0.3, 0.4) is 0 Å². The van der Waals surface area contributed by atoms with E-state index in [2.05, 4.69) is 54.6 Å². The lowest BCUT2D eigenvalue weighted by Gasteiger charge is -2.30. The Kier molecular flexibility index (Phi) is 10.2. The van der Waals surface area contributed by atoms with Gasteiger partial charge in [-0.2, -0.15) is 0 Å². The molecule has 4 N–H and O–H groups in total. The molecule has 8 heteroatoms. The van der Waals surface area contributed by atoms with Gasteiger partial charge in [0.2, 0.25) is 5.91 Å². The summed E-state index contributed by atoms with van der Waals surface area (Å²) in [6.07, 6.45) is 7.26.